The number of imide groups is 1. The number of carbonyl (C=O) groups is 3. The van der Waals surface area contributed by atoms with Gasteiger partial charge in [-0.1, -0.05) is 17.4 Å². The van der Waals surface area contributed by atoms with Gasteiger partial charge < -0.3 is 0 Å². The number of thiazole rings is 1. The maximum atomic E-state index is 12.5. The van der Waals surface area contributed by atoms with Crippen molar-refractivity contribution in [1.29, 1.82) is 0 Å². The van der Waals surface area contributed by atoms with Crippen molar-refractivity contribution in [3.63, 3.8) is 0 Å². The van der Waals surface area contributed by atoms with E-state index in [9.17, 15) is 14.4 Å². The highest BCUT2D eigenvalue weighted by Gasteiger charge is 2.33. The van der Waals surface area contributed by atoms with Crippen LogP contribution >= 0.6 is 11.3 Å². The van der Waals surface area contributed by atoms with Crippen LogP contribution in [0, 0.1) is 6.92 Å². The first-order chi connectivity index (χ1) is 11.9. The standard InChI is InChI=1S/C18H13N3O3S/c1-9-3-6-13-14(7-9)25-18(19-13)20-15(22)10-4-5-11-12(8-10)17(24)21(2)16(11)23/h3-8H,1-2H3,(H,19,20,22). The minimum Gasteiger partial charge on any atom is -0.298 e. The van der Waals surface area contributed by atoms with E-state index in [1.165, 1.54) is 36.6 Å². The molecule has 7 heteroatoms. The van der Waals surface area contributed by atoms with Gasteiger partial charge in [0.1, 0.15) is 0 Å². The predicted octanol–water partition coefficient (Wildman–Crippen LogP) is 3.08. The van der Waals surface area contributed by atoms with Gasteiger partial charge in [-0.3, -0.25) is 24.6 Å². The van der Waals surface area contributed by atoms with Crippen molar-refractivity contribution in [3.05, 3.63) is 58.7 Å². The van der Waals surface area contributed by atoms with Gasteiger partial charge >= 0.3 is 0 Å². The molecule has 25 heavy (non-hydrogen) atoms. The predicted molar refractivity (Wildman–Crippen MR) is 95.2 cm³/mol. The second-order valence-electron chi connectivity index (χ2n) is 5.87. The number of nitrogens with one attached hydrogen (secondary N) is 1. The van der Waals surface area contributed by atoms with Crippen LogP contribution in [0.4, 0.5) is 5.13 Å². The molecule has 1 aliphatic heterocycles. The molecule has 3 aromatic rings. The minimum absolute atomic E-state index is 0.250. The molecular formula is C18H13N3O3S. The molecule has 4 rings (SSSR count). The van der Waals surface area contributed by atoms with Gasteiger partial charge in [0.2, 0.25) is 0 Å². The zero-order valence-electron chi connectivity index (χ0n) is 13.5. The Kier molecular flexibility index (Phi) is 3.40. The molecule has 0 saturated heterocycles. The molecule has 2 heterocycles. The molecule has 0 fully saturated rings. The van der Waals surface area contributed by atoms with Crippen LogP contribution in [0.25, 0.3) is 10.2 Å². The van der Waals surface area contributed by atoms with Crippen LogP contribution < -0.4 is 5.32 Å². The lowest BCUT2D eigenvalue weighted by molar-refractivity contribution is 0.0693. The average Bonchev–Trinajstić information content (AvgIpc) is 3.08. The van der Waals surface area contributed by atoms with Gasteiger partial charge in [-0.25, -0.2) is 4.98 Å². The number of aryl methyl sites for hydroxylation is 1. The van der Waals surface area contributed by atoms with Crippen LogP contribution in [0.2, 0.25) is 0 Å². The van der Waals surface area contributed by atoms with Crippen molar-refractivity contribution in [3.8, 4) is 0 Å². The fraction of sp³-hybridized carbons (Fsp3) is 0.111. The highest BCUT2D eigenvalue weighted by molar-refractivity contribution is 7.22. The molecule has 0 aliphatic carbocycles. The third-order valence-electron chi connectivity index (χ3n) is 4.12. The van der Waals surface area contributed by atoms with Crippen LogP contribution in [0.15, 0.2) is 36.4 Å². The quantitative estimate of drug-likeness (QED) is 0.720. The summed E-state index contributed by atoms with van der Waals surface area (Å²) in [4.78, 5) is 41.9. The third kappa shape index (κ3) is 2.49. The molecule has 2 aromatic carbocycles. The first-order valence-corrected chi connectivity index (χ1v) is 8.40. The summed E-state index contributed by atoms with van der Waals surface area (Å²) in [6, 6.07) is 10.4. The molecule has 0 saturated carbocycles. The Morgan fingerprint density at radius 2 is 1.84 bits per heavy atom. The molecule has 0 radical (unpaired) electrons. The first-order valence-electron chi connectivity index (χ1n) is 7.59. The first kappa shape index (κ1) is 15.5. The van der Waals surface area contributed by atoms with E-state index in [0.717, 1.165) is 20.7 Å². The van der Waals surface area contributed by atoms with Crippen molar-refractivity contribution < 1.29 is 14.4 Å². The SMILES string of the molecule is Cc1ccc2nc(NC(=O)c3ccc4c(c3)C(=O)N(C)C4=O)sc2c1. The summed E-state index contributed by atoms with van der Waals surface area (Å²) in [5, 5.41) is 3.25. The van der Waals surface area contributed by atoms with E-state index in [1.54, 1.807) is 0 Å². The zero-order valence-corrected chi connectivity index (χ0v) is 14.3. The van der Waals surface area contributed by atoms with Crippen LogP contribution in [-0.2, 0) is 0 Å². The van der Waals surface area contributed by atoms with E-state index < -0.39 is 5.91 Å². The Balaban J connectivity index is 1.63. The van der Waals surface area contributed by atoms with Crippen molar-refractivity contribution in [2.45, 2.75) is 6.92 Å². The maximum Gasteiger partial charge on any atom is 0.261 e. The number of fused-ring (bicyclic) bond motifs is 2. The Labute approximate surface area is 147 Å². The Morgan fingerprint density at radius 1 is 1.08 bits per heavy atom. The monoisotopic (exact) mass is 351 g/mol. The molecule has 1 aromatic heterocycles. The number of anilines is 1. The average molecular weight is 351 g/mol. The maximum absolute atomic E-state index is 12.5. The summed E-state index contributed by atoms with van der Waals surface area (Å²) < 4.78 is 0.992. The lowest BCUT2D eigenvalue weighted by Gasteiger charge is -2.03. The minimum atomic E-state index is -0.398. The van der Waals surface area contributed by atoms with E-state index in [1.807, 2.05) is 25.1 Å². The molecule has 6 nitrogen and oxygen atoms in total. The van der Waals surface area contributed by atoms with Gasteiger partial charge in [0.05, 0.1) is 21.3 Å². The van der Waals surface area contributed by atoms with Gasteiger partial charge in [-0.05, 0) is 42.8 Å². The summed E-state index contributed by atoms with van der Waals surface area (Å²) >= 11 is 1.39. The number of carbonyl (C=O) groups excluding carboxylic acids is 3. The second kappa shape index (κ2) is 5.49. The normalized spacial score (nSPS) is 13.4. The van der Waals surface area contributed by atoms with E-state index in [-0.39, 0.29) is 17.4 Å². The molecule has 1 aliphatic rings. The summed E-state index contributed by atoms with van der Waals surface area (Å²) in [5.41, 5.74) is 2.83. The van der Waals surface area contributed by atoms with Crippen molar-refractivity contribution in [2.75, 3.05) is 12.4 Å². The Hall–Kier alpha value is -3.06. The highest BCUT2D eigenvalue weighted by Crippen LogP contribution is 2.28. The smallest absolute Gasteiger partial charge is 0.261 e. The number of nitrogens with zero attached hydrogens (tertiary/aromatic N) is 2. The van der Waals surface area contributed by atoms with Gasteiger partial charge in [0.15, 0.2) is 5.13 Å². The lowest BCUT2D eigenvalue weighted by Crippen LogP contribution is -2.24. The summed E-state index contributed by atoms with van der Waals surface area (Å²) in [7, 11) is 1.42. The summed E-state index contributed by atoms with van der Waals surface area (Å²) in [5.74, 6) is -1.12. The Bertz CT molecular complexity index is 1070. The molecule has 3 amide bonds. The summed E-state index contributed by atoms with van der Waals surface area (Å²) in [6.45, 7) is 2.00. The highest BCUT2D eigenvalue weighted by atomic mass is 32.1. The van der Waals surface area contributed by atoms with Crippen molar-refractivity contribution in [1.82, 2.24) is 9.88 Å². The fourth-order valence-electron chi connectivity index (χ4n) is 2.76. The van der Waals surface area contributed by atoms with Crippen LogP contribution in [-0.4, -0.2) is 34.7 Å². The zero-order chi connectivity index (χ0) is 17.7. The van der Waals surface area contributed by atoms with Crippen molar-refractivity contribution in [2.24, 2.45) is 0 Å². The van der Waals surface area contributed by atoms with Crippen LogP contribution in [0.1, 0.15) is 36.6 Å². The van der Waals surface area contributed by atoms with Gasteiger partial charge in [0, 0.05) is 12.6 Å². The lowest BCUT2D eigenvalue weighted by atomic mass is 10.1. The topological polar surface area (TPSA) is 79.4 Å². The number of hydrogen-bond acceptors (Lipinski definition) is 5. The largest absolute Gasteiger partial charge is 0.298 e. The van der Waals surface area contributed by atoms with E-state index in [0.29, 0.717) is 16.3 Å². The van der Waals surface area contributed by atoms with Crippen LogP contribution in [0.5, 0.6) is 0 Å². The molecule has 0 unspecified atom stereocenters. The number of aromatic nitrogens is 1. The number of amides is 3. The Morgan fingerprint density at radius 3 is 2.64 bits per heavy atom. The van der Waals surface area contributed by atoms with Gasteiger partial charge in [-0.2, -0.15) is 0 Å². The van der Waals surface area contributed by atoms with Gasteiger partial charge in [0.25, 0.3) is 17.7 Å². The fourth-order valence-corrected chi connectivity index (χ4v) is 3.72. The number of benzene rings is 2. The molecule has 124 valence electrons. The van der Waals surface area contributed by atoms with E-state index in [2.05, 4.69) is 10.3 Å². The molecular weight excluding hydrogens is 338 g/mol. The molecule has 1 N–H and O–H groups in total. The molecule has 0 bridgehead atoms. The number of hydrogen-bond donors (Lipinski definition) is 1. The van der Waals surface area contributed by atoms with E-state index >= 15 is 0 Å². The van der Waals surface area contributed by atoms with Crippen molar-refractivity contribution >= 4 is 44.4 Å². The van der Waals surface area contributed by atoms with E-state index in [4.69, 9.17) is 0 Å². The van der Waals surface area contributed by atoms with Gasteiger partial charge in [-0.15, -0.1) is 0 Å². The third-order valence-corrected chi connectivity index (χ3v) is 5.05. The second-order valence-corrected chi connectivity index (χ2v) is 6.90. The van der Waals surface area contributed by atoms with Crippen LogP contribution in [0.3, 0.4) is 0 Å². The number of rotatable bonds is 2. The summed E-state index contributed by atoms with van der Waals surface area (Å²) in [6.07, 6.45) is 0. The molecule has 0 atom stereocenters. The molecule has 0 spiro atoms.